The molecule has 0 aliphatic heterocycles. The molecule has 0 amide bonds. The smallest absolute Gasteiger partial charge is 0.161 e. The average Bonchev–Trinajstić information content (AvgIpc) is 2.26. The molecular weight excluding hydrogens is 224 g/mol. The van der Waals surface area contributed by atoms with Crippen molar-refractivity contribution < 1.29 is 9.53 Å². The molecule has 0 aromatic carbocycles. The van der Waals surface area contributed by atoms with Crippen LogP contribution in [0.2, 0.25) is 0 Å². The lowest BCUT2D eigenvalue weighted by atomic mass is 9.98. The Labute approximate surface area is 112 Å². The molecule has 106 valence electrons. The van der Waals surface area contributed by atoms with Gasteiger partial charge in [0.15, 0.2) is 5.78 Å². The molecule has 0 radical (unpaired) electrons. The lowest BCUT2D eigenvalue weighted by molar-refractivity contribution is -0.141. The zero-order valence-electron chi connectivity index (χ0n) is 12.5. The SMILES string of the molecule is CC(C)(C)OC1CCCCCCCCCCC1=O. The number of hydrogen-bond acceptors (Lipinski definition) is 2. The monoisotopic (exact) mass is 254 g/mol. The van der Waals surface area contributed by atoms with Crippen molar-refractivity contribution in [2.45, 2.75) is 96.7 Å². The second-order valence-corrected chi connectivity index (χ2v) is 6.55. The van der Waals surface area contributed by atoms with E-state index < -0.39 is 0 Å². The van der Waals surface area contributed by atoms with Gasteiger partial charge in [0.1, 0.15) is 6.10 Å². The maximum Gasteiger partial charge on any atom is 0.161 e. The molecule has 1 rings (SSSR count). The predicted octanol–water partition coefficient (Wildman–Crippen LogP) is 4.65. The fraction of sp³-hybridized carbons (Fsp3) is 0.938. The molecule has 1 atom stereocenters. The van der Waals surface area contributed by atoms with Crippen molar-refractivity contribution in [2.75, 3.05) is 0 Å². The number of carbonyl (C=O) groups excluding carboxylic acids is 1. The van der Waals surface area contributed by atoms with E-state index in [2.05, 4.69) is 0 Å². The first-order chi connectivity index (χ1) is 8.49. The minimum atomic E-state index is -0.211. The third-order valence-corrected chi connectivity index (χ3v) is 3.49. The van der Waals surface area contributed by atoms with Crippen LogP contribution in [-0.2, 0) is 9.53 Å². The third kappa shape index (κ3) is 7.15. The van der Waals surface area contributed by atoms with E-state index in [0.29, 0.717) is 12.2 Å². The van der Waals surface area contributed by atoms with E-state index in [1.165, 1.54) is 38.5 Å². The predicted molar refractivity (Wildman–Crippen MR) is 75.8 cm³/mol. The highest BCUT2D eigenvalue weighted by atomic mass is 16.5. The molecule has 18 heavy (non-hydrogen) atoms. The second-order valence-electron chi connectivity index (χ2n) is 6.55. The Morgan fingerprint density at radius 3 is 1.94 bits per heavy atom. The minimum absolute atomic E-state index is 0.163. The van der Waals surface area contributed by atoms with Gasteiger partial charge in [0, 0.05) is 6.42 Å². The zero-order chi connectivity index (χ0) is 13.4. The summed E-state index contributed by atoms with van der Waals surface area (Å²) in [5, 5.41) is 0. The van der Waals surface area contributed by atoms with E-state index in [4.69, 9.17) is 4.74 Å². The van der Waals surface area contributed by atoms with Crippen LogP contribution >= 0.6 is 0 Å². The first-order valence-electron chi connectivity index (χ1n) is 7.69. The van der Waals surface area contributed by atoms with Crippen LogP contribution in [0, 0.1) is 0 Å². The fourth-order valence-corrected chi connectivity index (χ4v) is 2.56. The van der Waals surface area contributed by atoms with Crippen LogP contribution in [-0.4, -0.2) is 17.5 Å². The molecule has 2 nitrogen and oxygen atoms in total. The Kier molecular flexibility index (Phi) is 6.91. The molecule has 0 aromatic heterocycles. The van der Waals surface area contributed by atoms with Crippen molar-refractivity contribution in [3.05, 3.63) is 0 Å². The summed E-state index contributed by atoms with van der Waals surface area (Å²) < 4.78 is 5.95. The lowest BCUT2D eigenvalue weighted by Crippen LogP contribution is -2.33. The molecule has 2 heteroatoms. The zero-order valence-corrected chi connectivity index (χ0v) is 12.5. The fourth-order valence-electron chi connectivity index (χ4n) is 2.56. The maximum atomic E-state index is 12.2. The number of Topliss-reactive ketones (excluding diaryl/α,β-unsaturated/α-hetero) is 1. The molecule has 1 fully saturated rings. The van der Waals surface area contributed by atoms with Gasteiger partial charge in [-0.05, 0) is 33.6 Å². The van der Waals surface area contributed by atoms with Gasteiger partial charge < -0.3 is 4.74 Å². The normalized spacial score (nSPS) is 25.3. The van der Waals surface area contributed by atoms with Gasteiger partial charge in [-0.25, -0.2) is 0 Å². The Balaban J connectivity index is 2.49. The number of ketones is 1. The summed E-state index contributed by atoms with van der Waals surface area (Å²) in [6.45, 7) is 6.11. The van der Waals surface area contributed by atoms with Gasteiger partial charge >= 0.3 is 0 Å². The Hall–Kier alpha value is -0.370. The summed E-state index contributed by atoms with van der Waals surface area (Å²) in [5.41, 5.74) is -0.211. The highest BCUT2D eigenvalue weighted by Crippen LogP contribution is 2.20. The van der Waals surface area contributed by atoms with Gasteiger partial charge in [0.05, 0.1) is 5.60 Å². The highest BCUT2D eigenvalue weighted by molar-refractivity contribution is 5.83. The molecule has 0 aromatic rings. The second kappa shape index (κ2) is 7.93. The summed E-state index contributed by atoms with van der Waals surface area (Å²) >= 11 is 0. The van der Waals surface area contributed by atoms with E-state index in [1.54, 1.807) is 0 Å². The van der Waals surface area contributed by atoms with E-state index in [0.717, 1.165) is 19.3 Å². The molecule has 0 spiro atoms. The molecule has 0 bridgehead atoms. The van der Waals surface area contributed by atoms with Crippen LogP contribution in [0.25, 0.3) is 0 Å². The summed E-state index contributed by atoms with van der Waals surface area (Å²) in [6, 6.07) is 0. The first-order valence-corrected chi connectivity index (χ1v) is 7.69. The molecular formula is C16H30O2. The van der Waals surface area contributed by atoms with Gasteiger partial charge in [-0.2, -0.15) is 0 Å². The van der Waals surface area contributed by atoms with Crippen LogP contribution in [0.5, 0.6) is 0 Å². The molecule has 1 aliphatic rings. The van der Waals surface area contributed by atoms with Crippen LogP contribution < -0.4 is 0 Å². The first kappa shape index (κ1) is 15.7. The standard InChI is InChI=1S/C16H30O2/c1-16(2,3)18-15-13-11-9-7-5-4-6-8-10-12-14(15)17/h15H,4-13H2,1-3H3. The summed E-state index contributed by atoms with van der Waals surface area (Å²) in [5.74, 6) is 0.325. The minimum Gasteiger partial charge on any atom is -0.365 e. The van der Waals surface area contributed by atoms with Gasteiger partial charge in [0.25, 0.3) is 0 Å². The van der Waals surface area contributed by atoms with Crippen molar-refractivity contribution in [2.24, 2.45) is 0 Å². The van der Waals surface area contributed by atoms with Crippen LogP contribution in [0.1, 0.15) is 85.0 Å². The number of hydrogen-bond donors (Lipinski definition) is 0. The number of rotatable bonds is 1. The van der Waals surface area contributed by atoms with Crippen molar-refractivity contribution in [3.63, 3.8) is 0 Å². The Morgan fingerprint density at radius 1 is 0.889 bits per heavy atom. The van der Waals surface area contributed by atoms with Gasteiger partial charge in [-0.1, -0.05) is 44.9 Å². The van der Waals surface area contributed by atoms with E-state index >= 15 is 0 Å². The quantitative estimate of drug-likeness (QED) is 0.680. The number of carbonyl (C=O) groups is 1. The molecule has 0 heterocycles. The van der Waals surface area contributed by atoms with Crippen molar-refractivity contribution in [1.29, 1.82) is 0 Å². The topological polar surface area (TPSA) is 26.3 Å². The van der Waals surface area contributed by atoms with Crippen LogP contribution in [0.3, 0.4) is 0 Å². The van der Waals surface area contributed by atoms with Gasteiger partial charge in [-0.15, -0.1) is 0 Å². The molecule has 1 saturated carbocycles. The number of ether oxygens (including phenoxy) is 1. The van der Waals surface area contributed by atoms with Crippen molar-refractivity contribution in [3.8, 4) is 0 Å². The van der Waals surface area contributed by atoms with Crippen LogP contribution in [0.4, 0.5) is 0 Å². The van der Waals surface area contributed by atoms with E-state index in [9.17, 15) is 4.79 Å². The molecule has 0 N–H and O–H groups in total. The largest absolute Gasteiger partial charge is 0.365 e. The Bertz CT molecular complexity index is 240. The third-order valence-electron chi connectivity index (χ3n) is 3.49. The molecule has 0 saturated heterocycles. The van der Waals surface area contributed by atoms with Gasteiger partial charge in [-0.3, -0.25) is 4.79 Å². The molecule has 1 unspecified atom stereocenters. The van der Waals surface area contributed by atoms with Gasteiger partial charge in [0.2, 0.25) is 0 Å². The van der Waals surface area contributed by atoms with Crippen LogP contribution in [0.15, 0.2) is 0 Å². The van der Waals surface area contributed by atoms with E-state index in [1.807, 2.05) is 20.8 Å². The summed E-state index contributed by atoms with van der Waals surface area (Å²) in [4.78, 5) is 12.2. The summed E-state index contributed by atoms with van der Waals surface area (Å²) in [6.07, 6.45) is 11.4. The maximum absolute atomic E-state index is 12.2. The summed E-state index contributed by atoms with van der Waals surface area (Å²) in [7, 11) is 0. The van der Waals surface area contributed by atoms with E-state index in [-0.39, 0.29) is 11.7 Å². The average molecular weight is 254 g/mol. The van der Waals surface area contributed by atoms with Crippen molar-refractivity contribution >= 4 is 5.78 Å². The Morgan fingerprint density at radius 2 is 1.39 bits per heavy atom. The molecule has 1 aliphatic carbocycles. The van der Waals surface area contributed by atoms with Crippen molar-refractivity contribution in [1.82, 2.24) is 0 Å². The highest BCUT2D eigenvalue weighted by Gasteiger charge is 2.24. The lowest BCUT2D eigenvalue weighted by Gasteiger charge is -2.27.